The minimum Gasteiger partial charge on any atom is -0.392 e. The zero-order valence-electron chi connectivity index (χ0n) is 10.2. The van der Waals surface area contributed by atoms with E-state index >= 15 is 0 Å². The second kappa shape index (κ2) is 6.72. The maximum atomic E-state index is 10.3. The molecule has 1 fully saturated rings. The third kappa shape index (κ3) is 3.94. The summed E-state index contributed by atoms with van der Waals surface area (Å²) in [5, 5.41) is 11.3. The van der Waals surface area contributed by atoms with Gasteiger partial charge in [0.25, 0.3) is 0 Å². The van der Waals surface area contributed by atoms with Gasteiger partial charge in [0, 0.05) is 22.0 Å². The molecule has 1 aromatic rings. The Morgan fingerprint density at radius 3 is 2.65 bits per heavy atom. The SMILES string of the molecule is CC1SCCSC1C(O)CCc1ccccc1. The van der Waals surface area contributed by atoms with Gasteiger partial charge in [-0.25, -0.2) is 0 Å². The van der Waals surface area contributed by atoms with E-state index in [1.165, 1.54) is 17.1 Å². The van der Waals surface area contributed by atoms with Crippen LogP contribution in [0, 0.1) is 0 Å². The molecule has 0 aromatic heterocycles. The number of aryl methyl sites for hydroxylation is 1. The number of aliphatic hydroxyl groups is 1. The first-order valence-corrected chi connectivity index (χ1v) is 8.32. The highest BCUT2D eigenvalue weighted by Crippen LogP contribution is 2.34. The van der Waals surface area contributed by atoms with E-state index in [1.807, 2.05) is 29.6 Å². The largest absolute Gasteiger partial charge is 0.392 e. The fraction of sp³-hybridized carbons (Fsp3) is 0.571. The van der Waals surface area contributed by atoms with E-state index in [4.69, 9.17) is 0 Å². The summed E-state index contributed by atoms with van der Waals surface area (Å²) in [6.07, 6.45) is 1.70. The summed E-state index contributed by atoms with van der Waals surface area (Å²) >= 11 is 3.94. The van der Waals surface area contributed by atoms with Crippen LogP contribution in [0.25, 0.3) is 0 Å². The summed E-state index contributed by atoms with van der Waals surface area (Å²) in [6.45, 7) is 2.24. The van der Waals surface area contributed by atoms with Crippen LogP contribution < -0.4 is 0 Å². The minimum absolute atomic E-state index is 0.164. The molecule has 0 amide bonds. The van der Waals surface area contributed by atoms with E-state index in [-0.39, 0.29) is 6.10 Å². The maximum Gasteiger partial charge on any atom is 0.0672 e. The summed E-state index contributed by atoms with van der Waals surface area (Å²) in [5.41, 5.74) is 1.33. The molecule has 0 aliphatic carbocycles. The molecular weight excluding hydrogens is 248 g/mol. The Bertz CT molecular complexity index is 328. The highest BCUT2D eigenvalue weighted by atomic mass is 32.2. The lowest BCUT2D eigenvalue weighted by Crippen LogP contribution is -2.34. The third-order valence-electron chi connectivity index (χ3n) is 3.19. The molecule has 17 heavy (non-hydrogen) atoms. The van der Waals surface area contributed by atoms with Crippen molar-refractivity contribution in [3.63, 3.8) is 0 Å². The lowest BCUT2D eigenvalue weighted by molar-refractivity contribution is 0.161. The van der Waals surface area contributed by atoms with Crippen molar-refractivity contribution in [3.05, 3.63) is 35.9 Å². The minimum atomic E-state index is -0.164. The molecule has 2 rings (SSSR count). The summed E-state index contributed by atoms with van der Waals surface area (Å²) in [7, 11) is 0. The average Bonchev–Trinajstić information content (AvgIpc) is 2.38. The summed E-state index contributed by atoms with van der Waals surface area (Å²) < 4.78 is 0. The second-order valence-electron chi connectivity index (χ2n) is 4.50. The molecule has 1 N–H and O–H groups in total. The Balaban J connectivity index is 1.82. The predicted octanol–water partition coefficient (Wildman–Crippen LogP) is 3.22. The van der Waals surface area contributed by atoms with Crippen LogP contribution in [0.2, 0.25) is 0 Å². The van der Waals surface area contributed by atoms with Crippen LogP contribution >= 0.6 is 23.5 Å². The number of hydrogen-bond acceptors (Lipinski definition) is 3. The Morgan fingerprint density at radius 1 is 1.24 bits per heavy atom. The van der Waals surface area contributed by atoms with Crippen molar-refractivity contribution in [1.29, 1.82) is 0 Å². The lowest BCUT2D eigenvalue weighted by Gasteiger charge is -2.31. The first kappa shape index (κ1) is 13.3. The Labute approximate surface area is 112 Å². The molecule has 3 unspecified atom stereocenters. The van der Waals surface area contributed by atoms with Crippen molar-refractivity contribution in [1.82, 2.24) is 0 Å². The Kier molecular flexibility index (Phi) is 5.26. The summed E-state index contributed by atoms with van der Waals surface area (Å²) in [6, 6.07) is 10.4. The highest BCUT2D eigenvalue weighted by molar-refractivity contribution is 8.07. The van der Waals surface area contributed by atoms with Gasteiger partial charge in [0.2, 0.25) is 0 Å². The molecule has 1 nitrogen and oxygen atoms in total. The Hall–Kier alpha value is -0.120. The molecule has 1 heterocycles. The molecule has 94 valence electrons. The smallest absolute Gasteiger partial charge is 0.0672 e. The summed E-state index contributed by atoms with van der Waals surface area (Å²) in [5.74, 6) is 2.41. The third-order valence-corrected chi connectivity index (χ3v) is 6.42. The van der Waals surface area contributed by atoms with Crippen LogP contribution in [0.1, 0.15) is 18.9 Å². The lowest BCUT2D eigenvalue weighted by atomic mass is 10.0. The van der Waals surface area contributed by atoms with E-state index in [0.29, 0.717) is 10.5 Å². The normalized spacial score (nSPS) is 26.7. The van der Waals surface area contributed by atoms with Gasteiger partial charge < -0.3 is 5.11 Å². The van der Waals surface area contributed by atoms with Crippen molar-refractivity contribution in [2.45, 2.75) is 36.4 Å². The van der Waals surface area contributed by atoms with Crippen LogP contribution in [-0.4, -0.2) is 33.2 Å². The average molecular weight is 268 g/mol. The first-order chi connectivity index (χ1) is 8.27. The van der Waals surface area contributed by atoms with Crippen LogP contribution in [0.5, 0.6) is 0 Å². The van der Waals surface area contributed by atoms with E-state index in [1.54, 1.807) is 0 Å². The number of benzene rings is 1. The van der Waals surface area contributed by atoms with Crippen molar-refractivity contribution in [3.8, 4) is 0 Å². The molecule has 1 saturated heterocycles. The molecule has 0 bridgehead atoms. The zero-order valence-corrected chi connectivity index (χ0v) is 11.8. The predicted molar refractivity (Wildman–Crippen MR) is 78.9 cm³/mol. The van der Waals surface area contributed by atoms with E-state index in [2.05, 4.69) is 31.2 Å². The van der Waals surface area contributed by atoms with E-state index < -0.39 is 0 Å². The first-order valence-electron chi connectivity index (χ1n) is 6.22. The van der Waals surface area contributed by atoms with Gasteiger partial charge in [-0.1, -0.05) is 37.3 Å². The Morgan fingerprint density at radius 2 is 1.94 bits per heavy atom. The fourth-order valence-electron chi connectivity index (χ4n) is 2.20. The molecule has 3 heteroatoms. The topological polar surface area (TPSA) is 20.2 Å². The monoisotopic (exact) mass is 268 g/mol. The van der Waals surface area contributed by atoms with Crippen LogP contribution in [0.15, 0.2) is 30.3 Å². The molecule has 1 aromatic carbocycles. The van der Waals surface area contributed by atoms with Gasteiger partial charge in [-0.15, -0.1) is 0 Å². The van der Waals surface area contributed by atoms with Crippen molar-refractivity contribution < 1.29 is 5.11 Å². The molecule has 0 radical (unpaired) electrons. The van der Waals surface area contributed by atoms with E-state index in [0.717, 1.165) is 12.8 Å². The standard InChI is InChI=1S/C14H20OS2/c1-11-14(17-10-9-16-11)13(15)8-7-12-5-3-2-4-6-12/h2-6,11,13-15H,7-10H2,1H3. The van der Waals surface area contributed by atoms with Gasteiger partial charge >= 0.3 is 0 Å². The van der Waals surface area contributed by atoms with Gasteiger partial charge in [0.15, 0.2) is 0 Å². The van der Waals surface area contributed by atoms with Gasteiger partial charge in [0.1, 0.15) is 0 Å². The number of rotatable bonds is 4. The highest BCUT2D eigenvalue weighted by Gasteiger charge is 2.28. The molecule has 1 aliphatic heterocycles. The van der Waals surface area contributed by atoms with Crippen LogP contribution in [-0.2, 0) is 6.42 Å². The molecule has 3 atom stereocenters. The van der Waals surface area contributed by atoms with Crippen LogP contribution in [0.4, 0.5) is 0 Å². The second-order valence-corrected chi connectivity index (χ2v) is 7.27. The van der Waals surface area contributed by atoms with Gasteiger partial charge in [-0.3, -0.25) is 0 Å². The van der Waals surface area contributed by atoms with Crippen molar-refractivity contribution in [2.75, 3.05) is 11.5 Å². The van der Waals surface area contributed by atoms with E-state index in [9.17, 15) is 5.11 Å². The number of aliphatic hydroxyl groups excluding tert-OH is 1. The van der Waals surface area contributed by atoms with Gasteiger partial charge in [-0.2, -0.15) is 23.5 Å². The maximum absolute atomic E-state index is 10.3. The van der Waals surface area contributed by atoms with Gasteiger partial charge in [-0.05, 0) is 18.4 Å². The molecule has 0 saturated carbocycles. The van der Waals surface area contributed by atoms with Crippen molar-refractivity contribution in [2.24, 2.45) is 0 Å². The van der Waals surface area contributed by atoms with Crippen molar-refractivity contribution >= 4 is 23.5 Å². The van der Waals surface area contributed by atoms with Gasteiger partial charge in [0.05, 0.1) is 6.10 Å². The fourth-order valence-corrected chi connectivity index (χ4v) is 5.08. The summed E-state index contributed by atoms with van der Waals surface area (Å²) in [4.78, 5) is 0. The zero-order chi connectivity index (χ0) is 12.1. The number of hydrogen-bond donors (Lipinski definition) is 1. The molecular formula is C14H20OS2. The van der Waals surface area contributed by atoms with Crippen LogP contribution in [0.3, 0.4) is 0 Å². The number of thioether (sulfide) groups is 2. The quantitative estimate of drug-likeness (QED) is 0.905. The molecule has 0 spiro atoms. The molecule has 1 aliphatic rings.